The Hall–Kier alpha value is -5.36. The highest BCUT2D eigenvalue weighted by Gasteiger charge is 2.27. The lowest BCUT2D eigenvalue weighted by Crippen LogP contribution is -2.04. The van der Waals surface area contributed by atoms with E-state index in [1.807, 2.05) is 24.3 Å². The number of hydrogen-bond acceptors (Lipinski definition) is 6. The van der Waals surface area contributed by atoms with Gasteiger partial charge in [-0.3, -0.25) is 0 Å². The summed E-state index contributed by atoms with van der Waals surface area (Å²) in [5.74, 6) is 4.33. The lowest BCUT2D eigenvalue weighted by Gasteiger charge is -2.24. The average molecular weight is 671 g/mol. The standard InChI is InChI=1S/C44H46O6/c1-27-23-33-31(21-19-29-15-11-9-12-16-29)41(47-5)37(45-3)25-35(33)43(49-7)39(27)40-28(2)24-34-32(22-20-30-17-13-10-14-18-30)42(48-6)38(46-4)26-36(34)44(40)50-8/h9-18,23-26H,19-22H2,1-8H3. The molecular formula is C44H46O6. The zero-order chi connectivity index (χ0) is 35.4. The van der Waals surface area contributed by atoms with E-state index in [1.165, 1.54) is 11.1 Å². The molecular weight excluding hydrogens is 624 g/mol. The SMILES string of the molecule is COc1cc2c(OC)c(-c3c(C)cc4c(CCc5ccccc5)c(OC)c(OC)cc4c3OC)c(C)cc2c(CCc2ccccc2)c1OC. The van der Waals surface area contributed by atoms with Gasteiger partial charge < -0.3 is 28.4 Å². The van der Waals surface area contributed by atoms with Crippen LogP contribution in [0.5, 0.6) is 34.5 Å². The number of benzene rings is 6. The highest BCUT2D eigenvalue weighted by atomic mass is 16.5. The molecule has 0 aromatic heterocycles. The summed E-state index contributed by atoms with van der Waals surface area (Å²) in [5, 5.41) is 4.05. The van der Waals surface area contributed by atoms with Gasteiger partial charge in [0.05, 0.1) is 42.7 Å². The minimum atomic E-state index is 0.665. The summed E-state index contributed by atoms with van der Waals surface area (Å²) in [4.78, 5) is 0. The first-order valence-electron chi connectivity index (χ1n) is 17.0. The molecule has 0 aliphatic rings. The lowest BCUT2D eigenvalue weighted by atomic mass is 9.86. The van der Waals surface area contributed by atoms with E-state index in [9.17, 15) is 0 Å². The van der Waals surface area contributed by atoms with Gasteiger partial charge in [0.15, 0.2) is 23.0 Å². The zero-order valence-electron chi connectivity index (χ0n) is 30.4. The van der Waals surface area contributed by atoms with Crippen LogP contribution in [-0.2, 0) is 25.7 Å². The van der Waals surface area contributed by atoms with Crippen molar-refractivity contribution < 1.29 is 28.4 Å². The Bertz CT molecular complexity index is 1980. The third kappa shape index (κ3) is 6.26. The number of ether oxygens (including phenoxy) is 6. The molecule has 0 amide bonds. The van der Waals surface area contributed by atoms with Gasteiger partial charge in [-0.1, -0.05) is 72.8 Å². The molecule has 6 aromatic rings. The lowest BCUT2D eigenvalue weighted by molar-refractivity contribution is 0.352. The van der Waals surface area contributed by atoms with Gasteiger partial charge in [0.25, 0.3) is 0 Å². The molecule has 0 heterocycles. The van der Waals surface area contributed by atoms with Crippen molar-refractivity contribution in [3.63, 3.8) is 0 Å². The molecule has 50 heavy (non-hydrogen) atoms. The third-order valence-electron chi connectivity index (χ3n) is 9.75. The molecule has 6 heteroatoms. The molecule has 0 unspecified atom stereocenters. The van der Waals surface area contributed by atoms with Gasteiger partial charge in [0.2, 0.25) is 0 Å². The molecule has 0 bridgehead atoms. The number of hydrogen-bond donors (Lipinski definition) is 0. The van der Waals surface area contributed by atoms with E-state index in [2.05, 4.69) is 74.5 Å². The van der Waals surface area contributed by atoms with Crippen LogP contribution >= 0.6 is 0 Å². The van der Waals surface area contributed by atoms with Crippen LogP contribution in [0.2, 0.25) is 0 Å². The first kappa shape index (κ1) is 34.5. The maximum atomic E-state index is 6.35. The quantitative estimate of drug-likeness (QED) is 0.122. The van der Waals surface area contributed by atoms with Crippen molar-refractivity contribution in [2.45, 2.75) is 39.5 Å². The van der Waals surface area contributed by atoms with E-state index in [0.717, 1.165) is 104 Å². The molecule has 0 radical (unpaired) electrons. The Morgan fingerprint density at radius 3 is 1.06 bits per heavy atom. The van der Waals surface area contributed by atoms with E-state index in [1.54, 1.807) is 42.7 Å². The van der Waals surface area contributed by atoms with E-state index in [4.69, 9.17) is 28.4 Å². The van der Waals surface area contributed by atoms with Crippen molar-refractivity contribution in [2.75, 3.05) is 42.7 Å². The maximum absolute atomic E-state index is 6.35. The summed E-state index contributed by atoms with van der Waals surface area (Å²) in [7, 11) is 10.2. The fraction of sp³-hybridized carbons (Fsp3) is 0.273. The van der Waals surface area contributed by atoms with Crippen LogP contribution in [0.4, 0.5) is 0 Å². The molecule has 6 aromatic carbocycles. The van der Waals surface area contributed by atoms with E-state index in [0.29, 0.717) is 11.5 Å². The van der Waals surface area contributed by atoms with Crippen molar-refractivity contribution in [3.8, 4) is 45.6 Å². The fourth-order valence-corrected chi connectivity index (χ4v) is 7.45. The van der Waals surface area contributed by atoms with Gasteiger partial charge in [-0.2, -0.15) is 0 Å². The molecule has 258 valence electrons. The van der Waals surface area contributed by atoms with Crippen LogP contribution in [0.15, 0.2) is 84.9 Å². The Labute approximate surface area is 295 Å². The number of fused-ring (bicyclic) bond motifs is 2. The fourth-order valence-electron chi connectivity index (χ4n) is 7.45. The molecule has 6 nitrogen and oxygen atoms in total. The normalized spacial score (nSPS) is 11.1. The molecule has 0 aliphatic heterocycles. The largest absolute Gasteiger partial charge is 0.495 e. The zero-order valence-corrected chi connectivity index (χ0v) is 30.4. The van der Waals surface area contributed by atoms with Gasteiger partial charge in [-0.05, 0) is 84.7 Å². The third-order valence-corrected chi connectivity index (χ3v) is 9.75. The minimum Gasteiger partial charge on any atom is -0.495 e. The molecule has 0 spiro atoms. The highest BCUT2D eigenvalue weighted by molar-refractivity contribution is 6.06. The first-order valence-corrected chi connectivity index (χ1v) is 17.0. The summed E-state index contributed by atoms with van der Waals surface area (Å²) in [6.07, 6.45) is 3.26. The molecule has 0 aliphatic carbocycles. The van der Waals surface area contributed by atoms with Crippen molar-refractivity contribution in [2.24, 2.45) is 0 Å². The number of methoxy groups -OCH3 is 6. The van der Waals surface area contributed by atoms with Gasteiger partial charge in [0, 0.05) is 33.0 Å². The van der Waals surface area contributed by atoms with Gasteiger partial charge >= 0.3 is 0 Å². The van der Waals surface area contributed by atoms with Crippen molar-refractivity contribution in [3.05, 3.63) is 118 Å². The molecule has 0 N–H and O–H groups in total. The Balaban J connectivity index is 1.60. The number of aryl methyl sites for hydroxylation is 6. The van der Waals surface area contributed by atoms with Crippen molar-refractivity contribution in [1.29, 1.82) is 0 Å². The molecule has 0 atom stereocenters. The topological polar surface area (TPSA) is 55.4 Å². The molecule has 0 saturated heterocycles. The summed E-state index contributed by atoms with van der Waals surface area (Å²) in [6, 6.07) is 29.6. The second-order valence-electron chi connectivity index (χ2n) is 12.5. The monoisotopic (exact) mass is 670 g/mol. The minimum absolute atomic E-state index is 0.665. The maximum Gasteiger partial charge on any atom is 0.164 e. The summed E-state index contributed by atoms with van der Waals surface area (Å²) >= 11 is 0. The molecule has 0 fully saturated rings. The van der Waals surface area contributed by atoms with Crippen LogP contribution < -0.4 is 28.4 Å². The highest BCUT2D eigenvalue weighted by Crippen LogP contribution is 2.52. The molecule has 0 saturated carbocycles. The number of rotatable bonds is 13. The van der Waals surface area contributed by atoms with Crippen LogP contribution in [0.1, 0.15) is 33.4 Å². The van der Waals surface area contributed by atoms with Gasteiger partial charge in [-0.25, -0.2) is 0 Å². The van der Waals surface area contributed by atoms with Gasteiger partial charge in [0.1, 0.15) is 11.5 Å². The summed E-state index contributed by atoms with van der Waals surface area (Å²) in [6.45, 7) is 4.27. The predicted molar refractivity (Wildman–Crippen MR) is 203 cm³/mol. The Morgan fingerprint density at radius 1 is 0.380 bits per heavy atom. The predicted octanol–water partition coefficient (Wildman–Crippen LogP) is 9.90. The van der Waals surface area contributed by atoms with Crippen molar-refractivity contribution >= 4 is 21.5 Å². The van der Waals surface area contributed by atoms with Crippen LogP contribution in [0, 0.1) is 13.8 Å². The Kier molecular flexibility index (Phi) is 10.4. The van der Waals surface area contributed by atoms with Gasteiger partial charge in [-0.15, -0.1) is 0 Å². The average Bonchev–Trinajstić information content (AvgIpc) is 3.15. The summed E-state index contributed by atoms with van der Waals surface area (Å²) < 4.78 is 36.5. The van der Waals surface area contributed by atoms with Crippen LogP contribution in [0.3, 0.4) is 0 Å². The first-order chi connectivity index (χ1) is 24.4. The Morgan fingerprint density at radius 2 is 0.740 bits per heavy atom. The van der Waals surface area contributed by atoms with E-state index < -0.39 is 0 Å². The van der Waals surface area contributed by atoms with Crippen molar-refractivity contribution in [1.82, 2.24) is 0 Å². The van der Waals surface area contributed by atoms with E-state index >= 15 is 0 Å². The second kappa shape index (κ2) is 15.0. The molecule has 6 rings (SSSR count). The second-order valence-corrected chi connectivity index (χ2v) is 12.5. The summed E-state index contributed by atoms with van der Waals surface area (Å²) in [5.41, 5.74) is 8.76. The van der Waals surface area contributed by atoms with Crippen LogP contribution in [0.25, 0.3) is 32.7 Å². The van der Waals surface area contributed by atoms with E-state index in [-0.39, 0.29) is 0 Å². The smallest absolute Gasteiger partial charge is 0.164 e. The van der Waals surface area contributed by atoms with Crippen LogP contribution in [-0.4, -0.2) is 42.7 Å².